The summed E-state index contributed by atoms with van der Waals surface area (Å²) in [5, 5.41) is 0. The Morgan fingerprint density at radius 3 is 2.71 bits per heavy atom. The van der Waals surface area contributed by atoms with E-state index >= 15 is 0 Å². The number of hydrogen-bond acceptors (Lipinski definition) is 3. The van der Waals surface area contributed by atoms with E-state index in [1.165, 1.54) is 0 Å². The first kappa shape index (κ1) is 13.7. The summed E-state index contributed by atoms with van der Waals surface area (Å²) in [5.74, 6) is 0. The Hall–Kier alpha value is -1.35. The lowest BCUT2D eigenvalue weighted by Crippen LogP contribution is -2.24. The number of anilines is 1. The molecule has 2 N–H and O–H groups in total. The van der Waals surface area contributed by atoms with Crippen LogP contribution in [0.1, 0.15) is 38.4 Å². The fraction of sp³-hybridized carbons (Fsp3) is 0.500. The van der Waals surface area contributed by atoms with Gasteiger partial charge in [0.25, 0.3) is 0 Å². The Morgan fingerprint density at radius 2 is 2.24 bits per heavy atom. The van der Waals surface area contributed by atoms with Gasteiger partial charge in [-0.3, -0.25) is 4.98 Å². The highest BCUT2D eigenvalue weighted by Gasteiger charge is 2.07. The normalized spacial score (nSPS) is 12.2. The molecule has 1 heterocycles. The minimum absolute atomic E-state index is 0.0445. The molecule has 17 heavy (non-hydrogen) atoms. The second-order valence-electron chi connectivity index (χ2n) is 4.19. The third-order valence-electron chi connectivity index (χ3n) is 2.80. The average Bonchev–Trinajstić information content (AvgIpc) is 2.38. The predicted octanol–water partition coefficient (Wildman–Crippen LogP) is 2.89. The molecule has 1 aromatic heterocycles. The highest BCUT2D eigenvalue weighted by Crippen LogP contribution is 2.17. The standard InChI is InChI=1S/C14H23N3/c1-4-9-17(10-5-2)12-7-8-14(16-11-12)13(15)6-3/h4,7-8,11,13H,1,5-6,9-10,15H2,2-3H3. The molecule has 0 aliphatic rings. The van der Waals surface area contributed by atoms with E-state index in [1.54, 1.807) is 0 Å². The third-order valence-corrected chi connectivity index (χ3v) is 2.80. The van der Waals surface area contributed by atoms with E-state index in [0.717, 1.165) is 37.3 Å². The Bertz CT molecular complexity index is 332. The monoisotopic (exact) mass is 233 g/mol. The van der Waals surface area contributed by atoms with E-state index in [4.69, 9.17) is 5.73 Å². The van der Waals surface area contributed by atoms with Crippen LogP contribution in [0.25, 0.3) is 0 Å². The van der Waals surface area contributed by atoms with E-state index in [2.05, 4.69) is 36.4 Å². The van der Waals surface area contributed by atoms with Crippen molar-refractivity contribution in [3.8, 4) is 0 Å². The number of rotatable bonds is 7. The second-order valence-corrected chi connectivity index (χ2v) is 4.19. The molecule has 3 nitrogen and oxygen atoms in total. The molecule has 0 aromatic carbocycles. The quantitative estimate of drug-likeness (QED) is 0.736. The van der Waals surface area contributed by atoms with Gasteiger partial charge in [0.15, 0.2) is 0 Å². The van der Waals surface area contributed by atoms with Gasteiger partial charge in [-0.15, -0.1) is 6.58 Å². The Morgan fingerprint density at radius 1 is 1.47 bits per heavy atom. The van der Waals surface area contributed by atoms with Gasteiger partial charge >= 0.3 is 0 Å². The zero-order valence-electron chi connectivity index (χ0n) is 10.9. The summed E-state index contributed by atoms with van der Waals surface area (Å²) in [6.07, 6.45) is 5.85. The molecule has 0 bridgehead atoms. The molecule has 94 valence electrons. The second kappa shape index (κ2) is 7.07. The van der Waals surface area contributed by atoms with Crippen molar-refractivity contribution in [2.45, 2.75) is 32.7 Å². The van der Waals surface area contributed by atoms with Gasteiger partial charge in [-0.2, -0.15) is 0 Å². The van der Waals surface area contributed by atoms with E-state index in [1.807, 2.05) is 18.3 Å². The van der Waals surface area contributed by atoms with E-state index < -0.39 is 0 Å². The lowest BCUT2D eigenvalue weighted by Gasteiger charge is -2.22. The first-order valence-corrected chi connectivity index (χ1v) is 6.30. The van der Waals surface area contributed by atoms with Gasteiger partial charge in [-0.1, -0.05) is 19.9 Å². The van der Waals surface area contributed by atoms with Crippen molar-refractivity contribution >= 4 is 5.69 Å². The van der Waals surface area contributed by atoms with Crippen molar-refractivity contribution in [1.82, 2.24) is 4.98 Å². The highest BCUT2D eigenvalue weighted by molar-refractivity contribution is 5.45. The molecule has 0 amide bonds. The van der Waals surface area contributed by atoms with Gasteiger partial charge in [-0.05, 0) is 25.0 Å². The van der Waals surface area contributed by atoms with Crippen LogP contribution in [0.3, 0.4) is 0 Å². The van der Waals surface area contributed by atoms with Gasteiger partial charge in [0.2, 0.25) is 0 Å². The van der Waals surface area contributed by atoms with E-state index in [9.17, 15) is 0 Å². The van der Waals surface area contributed by atoms with Gasteiger partial charge < -0.3 is 10.6 Å². The largest absolute Gasteiger partial charge is 0.367 e. The number of hydrogen-bond donors (Lipinski definition) is 1. The minimum Gasteiger partial charge on any atom is -0.367 e. The molecule has 0 spiro atoms. The zero-order chi connectivity index (χ0) is 12.7. The molecule has 1 unspecified atom stereocenters. The smallest absolute Gasteiger partial charge is 0.0572 e. The van der Waals surface area contributed by atoms with Crippen LogP contribution >= 0.6 is 0 Å². The van der Waals surface area contributed by atoms with Crippen molar-refractivity contribution in [1.29, 1.82) is 0 Å². The first-order chi connectivity index (χ1) is 8.22. The molecule has 1 atom stereocenters. The number of nitrogens with zero attached hydrogens (tertiary/aromatic N) is 2. The molecular weight excluding hydrogens is 210 g/mol. The molecule has 0 radical (unpaired) electrons. The molecule has 1 aromatic rings. The number of nitrogens with two attached hydrogens (primary N) is 1. The predicted molar refractivity (Wildman–Crippen MR) is 74.2 cm³/mol. The molecule has 0 aliphatic carbocycles. The van der Waals surface area contributed by atoms with Crippen LogP contribution in [0.15, 0.2) is 31.0 Å². The molecule has 1 rings (SSSR count). The molecular formula is C14H23N3. The number of aromatic nitrogens is 1. The Balaban J connectivity index is 2.79. The lowest BCUT2D eigenvalue weighted by atomic mass is 10.1. The van der Waals surface area contributed by atoms with Gasteiger partial charge in [0, 0.05) is 19.1 Å². The van der Waals surface area contributed by atoms with Crippen molar-refractivity contribution < 1.29 is 0 Å². The summed E-state index contributed by atoms with van der Waals surface area (Å²) in [6, 6.07) is 4.16. The van der Waals surface area contributed by atoms with Crippen molar-refractivity contribution in [3.05, 3.63) is 36.7 Å². The van der Waals surface area contributed by atoms with Crippen LogP contribution in [0, 0.1) is 0 Å². The summed E-state index contributed by atoms with van der Waals surface area (Å²) in [7, 11) is 0. The van der Waals surface area contributed by atoms with E-state index in [-0.39, 0.29) is 6.04 Å². The van der Waals surface area contributed by atoms with Gasteiger partial charge in [0.1, 0.15) is 0 Å². The van der Waals surface area contributed by atoms with Crippen LogP contribution in [0.4, 0.5) is 5.69 Å². The first-order valence-electron chi connectivity index (χ1n) is 6.30. The molecule has 0 aliphatic heterocycles. The fourth-order valence-electron chi connectivity index (χ4n) is 1.76. The third kappa shape index (κ3) is 3.86. The summed E-state index contributed by atoms with van der Waals surface area (Å²) in [5.41, 5.74) is 8.05. The van der Waals surface area contributed by atoms with Gasteiger partial charge in [-0.25, -0.2) is 0 Å². The van der Waals surface area contributed by atoms with Crippen molar-refractivity contribution in [3.63, 3.8) is 0 Å². The van der Waals surface area contributed by atoms with Crippen LogP contribution in [0.2, 0.25) is 0 Å². The van der Waals surface area contributed by atoms with Crippen molar-refractivity contribution in [2.75, 3.05) is 18.0 Å². The van der Waals surface area contributed by atoms with Crippen LogP contribution in [-0.4, -0.2) is 18.1 Å². The topological polar surface area (TPSA) is 42.1 Å². The van der Waals surface area contributed by atoms with Crippen molar-refractivity contribution in [2.24, 2.45) is 5.73 Å². The SMILES string of the molecule is C=CCN(CCC)c1ccc(C(N)CC)nc1. The summed E-state index contributed by atoms with van der Waals surface area (Å²) >= 11 is 0. The maximum Gasteiger partial charge on any atom is 0.0572 e. The minimum atomic E-state index is 0.0445. The maximum absolute atomic E-state index is 5.95. The Kier molecular flexibility index (Phi) is 5.70. The Labute approximate surface area is 104 Å². The number of pyridine rings is 1. The summed E-state index contributed by atoms with van der Waals surface area (Å²) in [6.45, 7) is 9.90. The molecule has 0 fully saturated rings. The van der Waals surface area contributed by atoms with Crippen LogP contribution in [-0.2, 0) is 0 Å². The maximum atomic E-state index is 5.95. The molecule has 3 heteroatoms. The summed E-state index contributed by atoms with van der Waals surface area (Å²) in [4.78, 5) is 6.70. The van der Waals surface area contributed by atoms with E-state index in [0.29, 0.717) is 0 Å². The van der Waals surface area contributed by atoms with Crippen LogP contribution in [0.5, 0.6) is 0 Å². The molecule has 0 saturated carbocycles. The average molecular weight is 233 g/mol. The van der Waals surface area contributed by atoms with Crippen LogP contribution < -0.4 is 10.6 Å². The zero-order valence-corrected chi connectivity index (χ0v) is 10.9. The fourth-order valence-corrected chi connectivity index (χ4v) is 1.76. The summed E-state index contributed by atoms with van der Waals surface area (Å²) < 4.78 is 0. The van der Waals surface area contributed by atoms with Gasteiger partial charge in [0.05, 0.1) is 17.6 Å². The molecule has 0 saturated heterocycles. The lowest BCUT2D eigenvalue weighted by molar-refractivity contribution is 0.674. The highest BCUT2D eigenvalue weighted by atomic mass is 15.1.